The van der Waals surface area contributed by atoms with Crippen LogP contribution in [0, 0.1) is 5.92 Å². The van der Waals surface area contributed by atoms with Crippen molar-refractivity contribution in [3.05, 3.63) is 66.2 Å². The van der Waals surface area contributed by atoms with Crippen molar-refractivity contribution >= 4 is 28.5 Å². The van der Waals surface area contributed by atoms with Crippen molar-refractivity contribution in [3.8, 4) is 22.5 Å². The lowest BCUT2D eigenvalue weighted by atomic mass is 9.65. The van der Waals surface area contributed by atoms with Crippen LogP contribution in [-0.2, 0) is 10.3 Å². The molecule has 6 rings (SSSR count). The van der Waals surface area contributed by atoms with E-state index in [2.05, 4.69) is 5.32 Å². The highest BCUT2D eigenvalue weighted by molar-refractivity contribution is 6.04. The number of aromatic nitrogens is 3. The summed E-state index contributed by atoms with van der Waals surface area (Å²) in [5.41, 5.74) is 15.4. The second-order valence-electron chi connectivity index (χ2n) is 9.23. The molecular formula is C26H24N6O2. The second-order valence-corrected chi connectivity index (χ2v) is 9.23. The van der Waals surface area contributed by atoms with Crippen LogP contribution in [0.1, 0.15) is 29.6 Å². The van der Waals surface area contributed by atoms with Crippen LogP contribution >= 0.6 is 0 Å². The SMILES string of the molecule is NC(=O)c1c(-c2ccc3ccc(-c4ccccc4)nc3c2)nn2c1NCCC21CC(C(N)=O)C1. The molecule has 8 nitrogen and oxygen atoms in total. The van der Waals surface area contributed by atoms with Gasteiger partial charge in [0.2, 0.25) is 5.91 Å². The molecule has 1 spiro atoms. The Labute approximate surface area is 196 Å². The molecule has 0 unspecified atom stereocenters. The van der Waals surface area contributed by atoms with Gasteiger partial charge in [-0.2, -0.15) is 5.10 Å². The van der Waals surface area contributed by atoms with Gasteiger partial charge in [-0.05, 0) is 31.4 Å². The van der Waals surface area contributed by atoms with Crippen LogP contribution in [0.15, 0.2) is 60.7 Å². The third-order valence-corrected chi connectivity index (χ3v) is 7.15. The Kier molecular flexibility index (Phi) is 4.45. The van der Waals surface area contributed by atoms with Crippen molar-refractivity contribution in [1.29, 1.82) is 0 Å². The number of benzene rings is 2. The van der Waals surface area contributed by atoms with Crippen LogP contribution in [0.4, 0.5) is 5.82 Å². The van der Waals surface area contributed by atoms with Gasteiger partial charge in [0.05, 0.1) is 16.7 Å². The monoisotopic (exact) mass is 452 g/mol. The maximum atomic E-state index is 12.6. The molecular weight excluding hydrogens is 428 g/mol. The molecule has 34 heavy (non-hydrogen) atoms. The van der Waals surface area contributed by atoms with Crippen molar-refractivity contribution in [3.63, 3.8) is 0 Å². The molecule has 1 aliphatic carbocycles. The number of nitrogens with zero attached hydrogens (tertiary/aromatic N) is 3. The van der Waals surface area contributed by atoms with Crippen molar-refractivity contribution in [1.82, 2.24) is 14.8 Å². The predicted octanol–water partition coefficient (Wildman–Crippen LogP) is 3.27. The Balaban J connectivity index is 1.47. The van der Waals surface area contributed by atoms with Gasteiger partial charge in [0.1, 0.15) is 17.1 Å². The van der Waals surface area contributed by atoms with Crippen LogP contribution in [0.5, 0.6) is 0 Å². The first-order chi connectivity index (χ1) is 16.4. The van der Waals surface area contributed by atoms with E-state index >= 15 is 0 Å². The quantitative estimate of drug-likeness (QED) is 0.438. The minimum atomic E-state index is -0.544. The average Bonchev–Trinajstić information content (AvgIpc) is 3.22. The Morgan fingerprint density at radius 1 is 1.00 bits per heavy atom. The molecule has 8 heteroatoms. The lowest BCUT2D eigenvalue weighted by Gasteiger charge is -2.49. The standard InChI is InChI=1S/C26H24N6O2/c27-23(33)18-13-26(14-18)10-11-29-25-21(24(28)34)22(31-32(25)26)17-7-6-16-8-9-19(30-20(16)12-17)15-4-2-1-3-5-15/h1-9,12,18,29H,10-11,13-14H2,(H2,27,33)(H2,28,34). The van der Waals surface area contributed by atoms with Crippen molar-refractivity contribution in [2.45, 2.75) is 24.8 Å². The molecule has 0 atom stereocenters. The highest BCUT2D eigenvalue weighted by atomic mass is 16.1. The highest BCUT2D eigenvalue weighted by Gasteiger charge is 2.51. The average molecular weight is 453 g/mol. The molecule has 170 valence electrons. The summed E-state index contributed by atoms with van der Waals surface area (Å²) in [5, 5.41) is 9.17. The van der Waals surface area contributed by atoms with E-state index in [4.69, 9.17) is 21.5 Å². The summed E-state index contributed by atoms with van der Waals surface area (Å²) in [6.45, 7) is 0.677. The Hall–Kier alpha value is -4.20. The molecule has 1 fully saturated rings. The number of hydrogen-bond donors (Lipinski definition) is 3. The molecule has 3 heterocycles. The largest absolute Gasteiger partial charge is 0.369 e. The molecule has 2 amide bonds. The summed E-state index contributed by atoms with van der Waals surface area (Å²) in [6.07, 6.45) is 2.05. The van der Waals surface area contributed by atoms with Gasteiger partial charge >= 0.3 is 0 Å². The zero-order valence-corrected chi connectivity index (χ0v) is 18.5. The molecule has 2 aromatic heterocycles. The third kappa shape index (κ3) is 3.06. The zero-order valence-electron chi connectivity index (χ0n) is 18.5. The third-order valence-electron chi connectivity index (χ3n) is 7.15. The van der Waals surface area contributed by atoms with Gasteiger partial charge in [-0.25, -0.2) is 9.67 Å². The number of nitrogens with two attached hydrogens (primary N) is 2. The number of carbonyl (C=O) groups is 2. The van der Waals surface area contributed by atoms with E-state index in [1.165, 1.54) is 0 Å². The number of primary amides is 2. The fraction of sp³-hybridized carbons (Fsp3) is 0.231. The first-order valence-electron chi connectivity index (χ1n) is 11.4. The van der Waals surface area contributed by atoms with Gasteiger partial charge in [0.25, 0.3) is 5.91 Å². The van der Waals surface area contributed by atoms with Gasteiger partial charge in [-0.15, -0.1) is 0 Å². The molecule has 0 saturated heterocycles. The first-order valence-corrected chi connectivity index (χ1v) is 11.4. The minimum Gasteiger partial charge on any atom is -0.369 e. The fourth-order valence-electron chi connectivity index (χ4n) is 5.35. The van der Waals surface area contributed by atoms with Crippen molar-refractivity contribution < 1.29 is 9.59 Å². The molecule has 5 N–H and O–H groups in total. The maximum absolute atomic E-state index is 12.6. The fourth-order valence-corrected chi connectivity index (χ4v) is 5.35. The first kappa shape index (κ1) is 20.4. The predicted molar refractivity (Wildman–Crippen MR) is 130 cm³/mol. The topological polar surface area (TPSA) is 129 Å². The molecule has 0 bridgehead atoms. The van der Waals surface area contributed by atoms with E-state index in [1.54, 1.807) is 0 Å². The zero-order chi connectivity index (χ0) is 23.4. The number of nitrogens with one attached hydrogen (secondary N) is 1. The van der Waals surface area contributed by atoms with Crippen LogP contribution < -0.4 is 16.8 Å². The number of rotatable bonds is 4. The Bertz CT molecular complexity index is 1450. The molecule has 2 aromatic carbocycles. The summed E-state index contributed by atoms with van der Waals surface area (Å²) >= 11 is 0. The lowest BCUT2D eigenvalue weighted by Crippen LogP contribution is -2.54. The Morgan fingerprint density at radius 3 is 2.50 bits per heavy atom. The van der Waals surface area contributed by atoms with E-state index < -0.39 is 5.91 Å². The van der Waals surface area contributed by atoms with Gasteiger partial charge in [-0.3, -0.25) is 9.59 Å². The number of carbonyl (C=O) groups excluding carboxylic acids is 2. The summed E-state index contributed by atoms with van der Waals surface area (Å²) in [4.78, 5) is 29.1. The molecule has 1 saturated carbocycles. The number of hydrogen-bond acceptors (Lipinski definition) is 5. The van der Waals surface area contributed by atoms with Crippen LogP contribution in [0.2, 0.25) is 0 Å². The molecule has 0 radical (unpaired) electrons. The number of amides is 2. The smallest absolute Gasteiger partial charge is 0.254 e. The van der Waals surface area contributed by atoms with Crippen LogP contribution in [0.25, 0.3) is 33.4 Å². The summed E-state index contributed by atoms with van der Waals surface area (Å²) in [6, 6.07) is 19.9. The summed E-state index contributed by atoms with van der Waals surface area (Å²) in [5.74, 6) is -0.389. The second kappa shape index (κ2) is 7.41. The highest BCUT2D eigenvalue weighted by Crippen LogP contribution is 2.50. The van der Waals surface area contributed by atoms with E-state index in [-0.39, 0.29) is 17.4 Å². The summed E-state index contributed by atoms with van der Waals surface area (Å²) < 4.78 is 1.86. The van der Waals surface area contributed by atoms with Gasteiger partial charge in [-0.1, -0.05) is 48.5 Å². The normalized spacial score (nSPS) is 21.0. The lowest BCUT2D eigenvalue weighted by molar-refractivity contribution is -0.129. The van der Waals surface area contributed by atoms with E-state index in [0.29, 0.717) is 36.5 Å². The van der Waals surface area contributed by atoms with Gasteiger partial charge < -0.3 is 16.8 Å². The number of fused-ring (bicyclic) bond motifs is 3. The Morgan fingerprint density at radius 2 is 1.76 bits per heavy atom. The number of pyridine rings is 1. The molecule has 1 aliphatic heterocycles. The van der Waals surface area contributed by atoms with Crippen molar-refractivity contribution in [2.75, 3.05) is 11.9 Å². The molecule has 2 aliphatic rings. The van der Waals surface area contributed by atoms with Crippen LogP contribution in [-0.4, -0.2) is 33.1 Å². The van der Waals surface area contributed by atoms with Gasteiger partial charge in [0, 0.05) is 29.0 Å². The number of anilines is 1. The van der Waals surface area contributed by atoms with E-state index in [0.717, 1.165) is 34.1 Å². The van der Waals surface area contributed by atoms with Crippen molar-refractivity contribution in [2.24, 2.45) is 17.4 Å². The summed E-state index contributed by atoms with van der Waals surface area (Å²) in [7, 11) is 0. The molecule has 4 aromatic rings. The maximum Gasteiger partial charge on any atom is 0.254 e. The van der Waals surface area contributed by atoms with Gasteiger partial charge in [0.15, 0.2) is 0 Å². The minimum absolute atomic E-state index is 0.170. The van der Waals surface area contributed by atoms with E-state index in [1.807, 2.05) is 65.3 Å². The van der Waals surface area contributed by atoms with E-state index in [9.17, 15) is 9.59 Å². The van der Waals surface area contributed by atoms with Crippen LogP contribution in [0.3, 0.4) is 0 Å².